The summed E-state index contributed by atoms with van der Waals surface area (Å²) >= 11 is 1.55. The van der Waals surface area contributed by atoms with Crippen LogP contribution in [0.1, 0.15) is 5.56 Å². The molecule has 0 atom stereocenters. The van der Waals surface area contributed by atoms with E-state index in [0.29, 0.717) is 5.69 Å². The molecule has 0 bridgehead atoms. The highest BCUT2D eigenvalue weighted by atomic mass is 32.2. The van der Waals surface area contributed by atoms with Crippen molar-refractivity contribution < 1.29 is 4.74 Å². The molecule has 17 heavy (non-hydrogen) atoms. The molecule has 0 amide bonds. The lowest BCUT2D eigenvalue weighted by molar-refractivity contribution is 0.414. The summed E-state index contributed by atoms with van der Waals surface area (Å²) < 4.78 is 5.11. The van der Waals surface area contributed by atoms with Gasteiger partial charge in [0.05, 0.1) is 12.8 Å². The van der Waals surface area contributed by atoms with Gasteiger partial charge in [0.1, 0.15) is 10.8 Å². The Labute approximate surface area is 105 Å². The summed E-state index contributed by atoms with van der Waals surface area (Å²) in [6.45, 7) is 1.98. The zero-order chi connectivity index (χ0) is 12.3. The van der Waals surface area contributed by atoms with Gasteiger partial charge in [-0.15, -0.1) is 0 Å². The molecule has 0 saturated carbocycles. The molecule has 0 unspecified atom stereocenters. The number of aryl methyl sites for hydroxylation is 1. The molecule has 1 heterocycles. The van der Waals surface area contributed by atoms with E-state index in [-0.39, 0.29) is 0 Å². The maximum Gasteiger partial charge on any atom is 0.124 e. The number of methoxy groups -OCH3 is 1. The van der Waals surface area contributed by atoms with Crippen molar-refractivity contribution >= 4 is 17.4 Å². The first-order chi connectivity index (χ1) is 8.19. The summed E-state index contributed by atoms with van der Waals surface area (Å²) in [6, 6.07) is 9.76. The van der Waals surface area contributed by atoms with Crippen molar-refractivity contribution in [2.24, 2.45) is 0 Å². The fraction of sp³-hybridized carbons (Fsp3) is 0.154. The number of nitrogens with two attached hydrogens (primary N) is 1. The number of benzene rings is 1. The van der Waals surface area contributed by atoms with Gasteiger partial charge in [0, 0.05) is 11.1 Å². The first-order valence-electron chi connectivity index (χ1n) is 5.23. The van der Waals surface area contributed by atoms with Gasteiger partial charge >= 0.3 is 0 Å². The van der Waals surface area contributed by atoms with Gasteiger partial charge in [0.15, 0.2) is 0 Å². The second-order valence-corrected chi connectivity index (χ2v) is 4.75. The van der Waals surface area contributed by atoms with E-state index in [4.69, 9.17) is 10.5 Å². The minimum Gasteiger partial charge on any atom is -0.497 e. The Morgan fingerprint density at radius 2 is 1.94 bits per heavy atom. The molecule has 4 heteroatoms. The van der Waals surface area contributed by atoms with Crippen LogP contribution in [0.3, 0.4) is 0 Å². The van der Waals surface area contributed by atoms with Gasteiger partial charge in [-0.05, 0) is 42.8 Å². The van der Waals surface area contributed by atoms with E-state index in [0.717, 1.165) is 21.2 Å². The molecule has 1 aromatic carbocycles. The normalized spacial score (nSPS) is 10.2. The van der Waals surface area contributed by atoms with E-state index in [9.17, 15) is 0 Å². The van der Waals surface area contributed by atoms with Gasteiger partial charge in [0.25, 0.3) is 0 Å². The minimum absolute atomic E-state index is 0.714. The predicted octanol–water partition coefficient (Wildman–Crippen LogP) is 3.13. The largest absolute Gasteiger partial charge is 0.497 e. The molecular formula is C13H14N2OS. The van der Waals surface area contributed by atoms with Crippen LogP contribution in [0.4, 0.5) is 5.69 Å². The van der Waals surface area contributed by atoms with E-state index in [1.54, 1.807) is 18.9 Å². The number of hydrogen-bond acceptors (Lipinski definition) is 4. The Kier molecular flexibility index (Phi) is 3.54. The van der Waals surface area contributed by atoms with Gasteiger partial charge in [-0.2, -0.15) is 0 Å². The topological polar surface area (TPSA) is 48.1 Å². The molecular weight excluding hydrogens is 232 g/mol. The molecule has 2 N–H and O–H groups in total. The molecule has 0 aliphatic heterocycles. The summed E-state index contributed by atoms with van der Waals surface area (Å²) in [5, 5.41) is 0.834. The highest BCUT2D eigenvalue weighted by molar-refractivity contribution is 7.99. The summed E-state index contributed by atoms with van der Waals surface area (Å²) in [7, 11) is 1.65. The van der Waals surface area contributed by atoms with Gasteiger partial charge in [-0.25, -0.2) is 4.98 Å². The Bertz CT molecular complexity index is 511. The number of rotatable bonds is 3. The smallest absolute Gasteiger partial charge is 0.124 e. The lowest BCUT2D eigenvalue weighted by atomic mass is 10.3. The molecule has 0 fully saturated rings. The molecule has 2 rings (SSSR count). The number of pyridine rings is 1. The Morgan fingerprint density at radius 3 is 2.53 bits per heavy atom. The summed E-state index contributed by atoms with van der Waals surface area (Å²) in [5.41, 5.74) is 7.70. The van der Waals surface area contributed by atoms with Crippen LogP contribution in [0.5, 0.6) is 5.75 Å². The lowest BCUT2D eigenvalue weighted by Gasteiger charge is -2.06. The third kappa shape index (κ3) is 2.91. The highest BCUT2D eigenvalue weighted by Crippen LogP contribution is 2.31. The SMILES string of the molecule is COc1ccc(Sc2ncc(C)cc2N)cc1. The second kappa shape index (κ2) is 5.10. The standard InChI is InChI=1S/C13H14N2OS/c1-9-7-12(14)13(15-8-9)17-11-5-3-10(16-2)4-6-11/h3-8H,14H2,1-2H3. The van der Waals surface area contributed by atoms with Crippen LogP contribution < -0.4 is 10.5 Å². The minimum atomic E-state index is 0.714. The van der Waals surface area contributed by atoms with E-state index in [2.05, 4.69) is 4.98 Å². The average Bonchev–Trinajstić information content (AvgIpc) is 2.34. The lowest BCUT2D eigenvalue weighted by Crippen LogP contribution is -1.92. The predicted molar refractivity (Wildman–Crippen MR) is 70.5 cm³/mol. The zero-order valence-electron chi connectivity index (χ0n) is 9.81. The average molecular weight is 246 g/mol. The van der Waals surface area contributed by atoms with Crippen molar-refractivity contribution in [3.63, 3.8) is 0 Å². The number of nitrogens with zero attached hydrogens (tertiary/aromatic N) is 1. The highest BCUT2D eigenvalue weighted by Gasteiger charge is 2.04. The molecule has 1 aromatic heterocycles. The van der Waals surface area contributed by atoms with E-state index in [1.807, 2.05) is 43.5 Å². The quantitative estimate of drug-likeness (QED) is 0.904. The van der Waals surface area contributed by atoms with Crippen LogP contribution in [-0.4, -0.2) is 12.1 Å². The fourth-order valence-corrected chi connectivity index (χ4v) is 2.20. The Hall–Kier alpha value is -1.68. The van der Waals surface area contributed by atoms with E-state index < -0.39 is 0 Å². The molecule has 0 spiro atoms. The van der Waals surface area contributed by atoms with Crippen LogP contribution in [0, 0.1) is 6.92 Å². The van der Waals surface area contributed by atoms with E-state index in [1.165, 1.54) is 0 Å². The molecule has 0 radical (unpaired) electrons. The molecule has 2 aromatic rings. The van der Waals surface area contributed by atoms with Crippen molar-refractivity contribution in [3.8, 4) is 5.75 Å². The number of nitrogen functional groups attached to an aromatic ring is 1. The third-order valence-corrected chi connectivity index (χ3v) is 3.33. The van der Waals surface area contributed by atoms with Crippen LogP contribution in [0.2, 0.25) is 0 Å². The van der Waals surface area contributed by atoms with Crippen molar-refractivity contribution in [1.29, 1.82) is 0 Å². The van der Waals surface area contributed by atoms with Crippen LogP contribution in [0.15, 0.2) is 46.5 Å². The Morgan fingerprint density at radius 1 is 1.24 bits per heavy atom. The maximum atomic E-state index is 5.92. The maximum absolute atomic E-state index is 5.92. The van der Waals surface area contributed by atoms with Crippen molar-refractivity contribution in [2.75, 3.05) is 12.8 Å². The number of anilines is 1. The molecule has 0 aliphatic carbocycles. The summed E-state index contributed by atoms with van der Waals surface area (Å²) in [5.74, 6) is 0.846. The monoisotopic (exact) mass is 246 g/mol. The van der Waals surface area contributed by atoms with Gasteiger partial charge in [-0.1, -0.05) is 11.8 Å². The van der Waals surface area contributed by atoms with Crippen molar-refractivity contribution in [1.82, 2.24) is 4.98 Å². The summed E-state index contributed by atoms with van der Waals surface area (Å²) in [4.78, 5) is 5.41. The summed E-state index contributed by atoms with van der Waals surface area (Å²) in [6.07, 6.45) is 1.82. The molecule has 3 nitrogen and oxygen atoms in total. The van der Waals surface area contributed by atoms with Crippen LogP contribution in [0.25, 0.3) is 0 Å². The molecule has 0 aliphatic rings. The van der Waals surface area contributed by atoms with Crippen molar-refractivity contribution in [2.45, 2.75) is 16.8 Å². The van der Waals surface area contributed by atoms with E-state index >= 15 is 0 Å². The first kappa shape index (κ1) is 11.8. The van der Waals surface area contributed by atoms with Crippen LogP contribution in [-0.2, 0) is 0 Å². The third-order valence-electron chi connectivity index (χ3n) is 2.29. The van der Waals surface area contributed by atoms with Gasteiger partial charge in [0.2, 0.25) is 0 Å². The number of aromatic nitrogens is 1. The fourth-order valence-electron chi connectivity index (χ4n) is 1.42. The van der Waals surface area contributed by atoms with Crippen LogP contribution >= 0.6 is 11.8 Å². The van der Waals surface area contributed by atoms with Gasteiger partial charge < -0.3 is 10.5 Å². The Balaban J connectivity index is 2.19. The zero-order valence-corrected chi connectivity index (χ0v) is 10.6. The van der Waals surface area contributed by atoms with Gasteiger partial charge in [-0.3, -0.25) is 0 Å². The number of ether oxygens (including phenoxy) is 1. The first-order valence-corrected chi connectivity index (χ1v) is 6.04. The molecule has 88 valence electrons. The number of hydrogen-bond donors (Lipinski definition) is 1. The molecule has 0 saturated heterocycles. The van der Waals surface area contributed by atoms with Crippen molar-refractivity contribution in [3.05, 3.63) is 42.1 Å². The second-order valence-electron chi connectivity index (χ2n) is 3.68.